The number of rotatable bonds is 4. The standard InChI is InChI=1S/C15H17N3S/c1-3-4-9-19-15-17-16-14-10-11(2)12-7-5-6-8-13(12)18(14)15/h5-8,10H,3-4,9H2,1-2H3. The van der Waals surface area contributed by atoms with Crippen molar-refractivity contribution >= 4 is 28.3 Å². The van der Waals surface area contributed by atoms with E-state index in [1.165, 1.54) is 29.3 Å². The van der Waals surface area contributed by atoms with Crippen LogP contribution in [0, 0.1) is 6.92 Å². The van der Waals surface area contributed by atoms with Gasteiger partial charge in [0.15, 0.2) is 10.8 Å². The van der Waals surface area contributed by atoms with Gasteiger partial charge in [0.05, 0.1) is 5.52 Å². The van der Waals surface area contributed by atoms with Gasteiger partial charge >= 0.3 is 0 Å². The van der Waals surface area contributed by atoms with Crippen LogP contribution in [-0.4, -0.2) is 20.4 Å². The van der Waals surface area contributed by atoms with Gasteiger partial charge in [-0.05, 0) is 31.0 Å². The summed E-state index contributed by atoms with van der Waals surface area (Å²) in [6, 6.07) is 10.6. The molecule has 0 saturated carbocycles. The fraction of sp³-hybridized carbons (Fsp3) is 0.333. The van der Waals surface area contributed by atoms with Crippen molar-refractivity contribution in [3.05, 3.63) is 35.9 Å². The molecule has 0 aliphatic carbocycles. The number of hydrogen-bond donors (Lipinski definition) is 0. The van der Waals surface area contributed by atoms with Crippen molar-refractivity contribution in [3.63, 3.8) is 0 Å². The summed E-state index contributed by atoms with van der Waals surface area (Å²) in [6.45, 7) is 4.34. The Labute approximate surface area is 117 Å². The molecule has 3 nitrogen and oxygen atoms in total. The smallest absolute Gasteiger partial charge is 0.196 e. The van der Waals surface area contributed by atoms with Crippen molar-refractivity contribution in [1.29, 1.82) is 0 Å². The highest BCUT2D eigenvalue weighted by molar-refractivity contribution is 7.99. The Morgan fingerprint density at radius 2 is 2.05 bits per heavy atom. The molecule has 1 aromatic carbocycles. The van der Waals surface area contributed by atoms with Gasteiger partial charge in [-0.3, -0.25) is 4.40 Å². The van der Waals surface area contributed by atoms with Crippen LogP contribution in [0.1, 0.15) is 25.3 Å². The number of fused-ring (bicyclic) bond motifs is 3. The van der Waals surface area contributed by atoms with E-state index in [0.29, 0.717) is 0 Å². The van der Waals surface area contributed by atoms with E-state index in [4.69, 9.17) is 0 Å². The van der Waals surface area contributed by atoms with Gasteiger partial charge in [0.2, 0.25) is 0 Å². The fourth-order valence-electron chi connectivity index (χ4n) is 2.28. The van der Waals surface area contributed by atoms with Crippen molar-refractivity contribution < 1.29 is 0 Å². The van der Waals surface area contributed by atoms with Gasteiger partial charge in [0, 0.05) is 11.1 Å². The van der Waals surface area contributed by atoms with Crippen molar-refractivity contribution in [2.45, 2.75) is 31.8 Å². The summed E-state index contributed by atoms with van der Waals surface area (Å²) in [5, 5.41) is 10.9. The van der Waals surface area contributed by atoms with E-state index in [2.05, 4.69) is 58.8 Å². The normalized spacial score (nSPS) is 11.5. The van der Waals surface area contributed by atoms with Crippen LogP contribution in [0.15, 0.2) is 35.5 Å². The molecular formula is C15H17N3S. The van der Waals surface area contributed by atoms with Crippen LogP contribution < -0.4 is 0 Å². The lowest BCUT2D eigenvalue weighted by atomic mass is 10.1. The maximum absolute atomic E-state index is 4.33. The van der Waals surface area contributed by atoms with Gasteiger partial charge in [-0.2, -0.15) is 0 Å². The van der Waals surface area contributed by atoms with Crippen LogP contribution in [0.2, 0.25) is 0 Å². The first kappa shape index (κ1) is 12.5. The first-order valence-corrected chi connectivity index (χ1v) is 7.66. The average Bonchev–Trinajstić information content (AvgIpc) is 2.83. The molecule has 0 spiro atoms. The van der Waals surface area contributed by atoms with Gasteiger partial charge < -0.3 is 0 Å². The molecule has 98 valence electrons. The quantitative estimate of drug-likeness (QED) is 0.529. The summed E-state index contributed by atoms with van der Waals surface area (Å²) in [6.07, 6.45) is 2.42. The number of benzene rings is 1. The molecule has 0 unspecified atom stereocenters. The van der Waals surface area contributed by atoms with Gasteiger partial charge in [0.1, 0.15) is 0 Å². The zero-order valence-corrected chi connectivity index (χ0v) is 12.1. The Morgan fingerprint density at radius 3 is 2.89 bits per heavy atom. The predicted molar refractivity (Wildman–Crippen MR) is 80.9 cm³/mol. The molecule has 0 saturated heterocycles. The van der Waals surface area contributed by atoms with Gasteiger partial charge in [-0.25, -0.2) is 0 Å². The lowest BCUT2D eigenvalue weighted by Crippen LogP contribution is -1.93. The summed E-state index contributed by atoms with van der Waals surface area (Å²) in [4.78, 5) is 0. The number of aryl methyl sites for hydroxylation is 1. The molecule has 0 atom stereocenters. The summed E-state index contributed by atoms with van der Waals surface area (Å²) in [5.41, 5.74) is 3.39. The number of unbranched alkanes of at least 4 members (excludes halogenated alkanes) is 1. The van der Waals surface area contributed by atoms with Crippen LogP contribution >= 0.6 is 11.8 Å². The second-order valence-corrected chi connectivity index (χ2v) is 5.78. The van der Waals surface area contributed by atoms with Crippen LogP contribution in [-0.2, 0) is 0 Å². The molecule has 3 aromatic rings. The molecule has 0 N–H and O–H groups in total. The molecule has 0 aliphatic rings. The van der Waals surface area contributed by atoms with E-state index in [-0.39, 0.29) is 0 Å². The highest BCUT2D eigenvalue weighted by atomic mass is 32.2. The second kappa shape index (κ2) is 5.21. The number of nitrogens with zero attached hydrogens (tertiary/aromatic N) is 3. The van der Waals surface area contributed by atoms with E-state index < -0.39 is 0 Å². The number of aromatic nitrogens is 3. The number of thioether (sulfide) groups is 1. The second-order valence-electron chi connectivity index (χ2n) is 4.72. The van der Waals surface area contributed by atoms with E-state index in [1.54, 1.807) is 11.8 Å². The highest BCUT2D eigenvalue weighted by Crippen LogP contribution is 2.25. The van der Waals surface area contributed by atoms with E-state index >= 15 is 0 Å². The Morgan fingerprint density at radius 1 is 1.21 bits per heavy atom. The molecule has 0 aliphatic heterocycles. The molecule has 2 heterocycles. The highest BCUT2D eigenvalue weighted by Gasteiger charge is 2.10. The van der Waals surface area contributed by atoms with Crippen molar-refractivity contribution in [2.75, 3.05) is 5.75 Å². The maximum atomic E-state index is 4.33. The minimum absolute atomic E-state index is 0.940. The molecule has 2 aromatic heterocycles. The number of para-hydroxylation sites is 1. The Hall–Kier alpha value is -1.55. The van der Waals surface area contributed by atoms with Crippen LogP contribution in [0.5, 0.6) is 0 Å². The number of hydrogen-bond acceptors (Lipinski definition) is 3. The molecule has 0 radical (unpaired) electrons. The molecule has 4 heteroatoms. The molecule has 0 fully saturated rings. The lowest BCUT2D eigenvalue weighted by molar-refractivity contribution is 0.884. The van der Waals surface area contributed by atoms with Gasteiger partial charge in [0.25, 0.3) is 0 Å². The average molecular weight is 271 g/mol. The minimum atomic E-state index is 0.940. The maximum Gasteiger partial charge on any atom is 0.196 e. The first-order valence-electron chi connectivity index (χ1n) is 6.67. The zero-order valence-electron chi connectivity index (χ0n) is 11.3. The SMILES string of the molecule is CCCCSc1nnc2cc(C)c3ccccc3n12. The van der Waals surface area contributed by atoms with E-state index in [1.807, 2.05) is 0 Å². The molecular weight excluding hydrogens is 254 g/mol. The van der Waals surface area contributed by atoms with Crippen molar-refractivity contribution in [3.8, 4) is 0 Å². The van der Waals surface area contributed by atoms with Crippen molar-refractivity contribution in [1.82, 2.24) is 14.6 Å². The minimum Gasteiger partial charge on any atom is -0.270 e. The van der Waals surface area contributed by atoms with E-state index in [9.17, 15) is 0 Å². The summed E-state index contributed by atoms with van der Waals surface area (Å²) < 4.78 is 2.17. The monoisotopic (exact) mass is 271 g/mol. The van der Waals surface area contributed by atoms with Crippen molar-refractivity contribution in [2.24, 2.45) is 0 Å². The zero-order chi connectivity index (χ0) is 13.2. The van der Waals surface area contributed by atoms with E-state index in [0.717, 1.165) is 16.6 Å². The predicted octanol–water partition coefficient (Wildman–Crippen LogP) is 4.08. The largest absolute Gasteiger partial charge is 0.270 e. The van der Waals surface area contributed by atoms with Gasteiger partial charge in [-0.1, -0.05) is 43.3 Å². The van der Waals surface area contributed by atoms with Crippen LogP contribution in [0.3, 0.4) is 0 Å². The molecule has 0 bridgehead atoms. The van der Waals surface area contributed by atoms with Crippen LogP contribution in [0.4, 0.5) is 0 Å². The van der Waals surface area contributed by atoms with Crippen LogP contribution in [0.25, 0.3) is 16.6 Å². The Bertz CT molecular complexity index is 718. The third kappa shape index (κ3) is 2.21. The Balaban J connectivity index is 2.17. The third-order valence-electron chi connectivity index (χ3n) is 3.30. The lowest BCUT2D eigenvalue weighted by Gasteiger charge is -2.06. The molecule has 0 amide bonds. The Kier molecular flexibility index (Phi) is 3.42. The first-order chi connectivity index (χ1) is 9.31. The summed E-state index contributed by atoms with van der Waals surface area (Å²) in [7, 11) is 0. The summed E-state index contributed by atoms with van der Waals surface area (Å²) >= 11 is 1.79. The summed E-state index contributed by atoms with van der Waals surface area (Å²) in [5.74, 6) is 1.10. The number of pyridine rings is 1. The fourth-order valence-corrected chi connectivity index (χ4v) is 3.31. The molecule has 19 heavy (non-hydrogen) atoms. The third-order valence-corrected chi connectivity index (χ3v) is 4.32. The molecule has 3 rings (SSSR count). The topological polar surface area (TPSA) is 30.2 Å². The van der Waals surface area contributed by atoms with Gasteiger partial charge in [-0.15, -0.1) is 10.2 Å².